The van der Waals surface area contributed by atoms with E-state index in [1.807, 2.05) is 12.1 Å². The van der Waals surface area contributed by atoms with Crippen molar-refractivity contribution in [1.82, 2.24) is 0 Å². The van der Waals surface area contributed by atoms with Crippen molar-refractivity contribution >= 4 is 5.78 Å². The van der Waals surface area contributed by atoms with Gasteiger partial charge in [-0.05, 0) is 49.0 Å². The van der Waals surface area contributed by atoms with Crippen LogP contribution in [-0.4, -0.2) is 5.78 Å². The molecule has 1 nitrogen and oxygen atoms in total. The van der Waals surface area contributed by atoms with Crippen LogP contribution in [-0.2, 0) is 6.42 Å². The van der Waals surface area contributed by atoms with Gasteiger partial charge in [-0.3, -0.25) is 4.79 Å². The predicted octanol–water partition coefficient (Wildman–Crippen LogP) is 4.65. The molecule has 1 heteroatoms. The van der Waals surface area contributed by atoms with E-state index < -0.39 is 0 Å². The monoisotopic (exact) mass is 256 g/mol. The summed E-state index contributed by atoms with van der Waals surface area (Å²) in [5.74, 6) is 1.34. The number of Topliss-reactive ketones (excluding diaryl/α,β-unsaturated/α-hetero) is 1. The highest BCUT2D eigenvalue weighted by Crippen LogP contribution is 2.57. The quantitative estimate of drug-likeness (QED) is 0.719. The van der Waals surface area contributed by atoms with Crippen LogP contribution in [0.5, 0.6) is 0 Å². The smallest absolute Gasteiger partial charge is 0.166 e. The molecule has 3 atom stereocenters. The zero-order valence-electron chi connectivity index (χ0n) is 12.1. The standard InChI is InChI=1S/C18H24O/c1-3-13-6-8-14(9-7-13)17(19)15-10-12-18(2)11-4-5-16(15)18/h6-9,15-16H,3-5,10-12H2,1-2H3/t15?,16-,18+/m0/s1. The Kier molecular flexibility index (Phi) is 3.24. The first-order valence-corrected chi connectivity index (χ1v) is 7.77. The van der Waals surface area contributed by atoms with E-state index in [1.54, 1.807) is 0 Å². The molecule has 102 valence electrons. The minimum Gasteiger partial charge on any atom is -0.294 e. The minimum absolute atomic E-state index is 0.292. The lowest BCUT2D eigenvalue weighted by Gasteiger charge is -2.26. The molecular formula is C18H24O. The zero-order chi connectivity index (χ0) is 13.5. The van der Waals surface area contributed by atoms with Gasteiger partial charge in [0.2, 0.25) is 0 Å². The fraction of sp³-hybridized carbons (Fsp3) is 0.611. The maximum atomic E-state index is 12.7. The second-order valence-electron chi connectivity index (χ2n) is 6.71. The van der Waals surface area contributed by atoms with Crippen LogP contribution >= 0.6 is 0 Å². The lowest BCUT2D eigenvalue weighted by Crippen LogP contribution is -2.24. The molecule has 0 amide bonds. The molecule has 2 fully saturated rings. The third kappa shape index (κ3) is 2.13. The Balaban J connectivity index is 1.80. The van der Waals surface area contributed by atoms with Crippen molar-refractivity contribution in [3.8, 4) is 0 Å². The van der Waals surface area contributed by atoms with Gasteiger partial charge in [0.25, 0.3) is 0 Å². The lowest BCUT2D eigenvalue weighted by atomic mass is 9.78. The summed E-state index contributed by atoms with van der Waals surface area (Å²) in [6.45, 7) is 4.55. The predicted molar refractivity (Wildman–Crippen MR) is 78.3 cm³/mol. The summed E-state index contributed by atoms with van der Waals surface area (Å²) in [6.07, 6.45) is 7.31. The first-order chi connectivity index (χ1) is 9.14. The summed E-state index contributed by atoms with van der Waals surface area (Å²) in [5.41, 5.74) is 2.70. The van der Waals surface area contributed by atoms with Gasteiger partial charge in [-0.1, -0.05) is 44.5 Å². The van der Waals surface area contributed by atoms with Gasteiger partial charge in [-0.15, -0.1) is 0 Å². The maximum Gasteiger partial charge on any atom is 0.166 e. The van der Waals surface area contributed by atoms with Gasteiger partial charge < -0.3 is 0 Å². The normalized spacial score (nSPS) is 33.4. The largest absolute Gasteiger partial charge is 0.294 e. The Bertz CT molecular complexity index is 473. The molecule has 0 N–H and O–H groups in total. The summed E-state index contributed by atoms with van der Waals surface area (Å²) in [7, 11) is 0. The third-order valence-electron chi connectivity index (χ3n) is 5.65. The number of carbonyl (C=O) groups excluding carboxylic acids is 1. The number of fused-ring (bicyclic) bond motifs is 1. The van der Waals surface area contributed by atoms with E-state index in [1.165, 1.54) is 31.2 Å². The van der Waals surface area contributed by atoms with E-state index in [2.05, 4.69) is 26.0 Å². The number of benzene rings is 1. The van der Waals surface area contributed by atoms with Gasteiger partial charge >= 0.3 is 0 Å². The molecule has 0 aromatic heterocycles. The molecule has 0 bridgehead atoms. The van der Waals surface area contributed by atoms with E-state index >= 15 is 0 Å². The number of ketones is 1. The molecular weight excluding hydrogens is 232 g/mol. The molecule has 0 radical (unpaired) electrons. The Hall–Kier alpha value is -1.11. The third-order valence-corrected chi connectivity index (χ3v) is 5.65. The summed E-state index contributed by atoms with van der Waals surface area (Å²) in [5, 5.41) is 0. The van der Waals surface area contributed by atoms with Crippen molar-refractivity contribution in [2.24, 2.45) is 17.3 Å². The Labute approximate surface area is 116 Å². The fourth-order valence-electron chi connectivity index (χ4n) is 4.38. The van der Waals surface area contributed by atoms with Crippen LogP contribution in [0.2, 0.25) is 0 Å². The highest BCUT2D eigenvalue weighted by molar-refractivity contribution is 5.98. The molecule has 1 aromatic rings. The summed E-state index contributed by atoms with van der Waals surface area (Å²) < 4.78 is 0. The minimum atomic E-state index is 0.292. The summed E-state index contributed by atoms with van der Waals surface area (Å²) in [6, 6.07) is 8.28. The van der Waals surface area contributed by atoms with Crippen molar-refractivity contribution < 1.29 is 4.79 Å². The molecule has 2 aliphatic carbocycles. The van der Waals surface area contributed by atoms with Crippen molar-refractivity contribution in [3.05, 3.63) is 35.4 Å². The Morgan fingerprint density at radius 3 is 2.63 bits per heavy atom. The fourth-order valence-corrected chi connectivity index (χ4v) is 4.38. The molecule has 1 aromatic carbocycles. The van der Waals surface area contributed by atoms with Crippen molar-refractivity contribution in [2.75, 3.05) is 0 Å². The van der Waals surface area contributed by atoms with Crippen LogP contribution in [0.4, 0.5) is 0 Å². The Morgan fingerprint density at radius 2 is 1.95 bits per heavy atom. The molecule has 0 spiro atoms. The van der Waals surface area contributed by atoms with Gasteiger partial charge in [-0.25, -0.2) is 0 Å². The lowest BCUT2D eigenvalue weighted by molar-refractivity contribution is 0.0867. The molecule has 2 aliphatic rings. The molecule has 0 aliphatic heterocycles. The number of hydrogen-bond acceptors (Lipinski definition) is 1. The van der Waals surface area contributed by atoms with E-state index in [0.717, 1.165) is 18.4 Å². The van der Waals surface area contributed by atoms with Crippen LogP contribution < -0.4 is 0 Å². The number of carbonyl (C=O) groups is 1. The van der Waals surface area contributed by atoms with Crippen molar-refractivity contribution in [3.63, 3.8) is 0 Å². The van der Waals surface area contributed by atoms with Gasteiger partial charge in [-0.2, -0.15) is 0 Å². The molecule has 19 heavy (non-hydrogen) atoms. The average molecular weight is 256 g/mol. The van der Waals surface area contributed by atoms with Gasteiger partial charge in [0.1, 0.15) is 0 Å². The summed E-state index contributed by atoms with van der Waals surface area (Å²) in [4.78, 5) is 12.7. The Morgan fingerprint density at radius 1 is 1.21 bits per heavy atom. The molecule has 1 unspecified atom stereocenters. The van der Waals surface area contributed by atoms with Crippen LogP contribution in [0.15, 0.2) is 24.3 Å². The van der Waals surface area contributed by atoms with E-state index in [4.69, 9.17) is 0 Å². The highest BCUT2D eigenvalue weighted by Gasteiger charge is 2.50. The number of aryl methyl sites for hydroxylation is 1. The molecule has 0 heterocycles. The van der Waals surface area contributed by atoms with E-state index in [9.17, 15) is 4.79 Å². The van der Waals surface area contributed by atoms with Crippen molar-refractivity contribution in [1.29, 1.82) is 0 Å². The second-order valence-corrected chi connectivity index (χ2v) is 6.71. The SMILES string of the molecule is CCc1ccc(C(=O)C2CC[C@@]3(C)CCC[C@@H]23)cc1. The number of hydrogen-bond donors (Lipinski definition) is 0. The first kappa shape index (κ1) is 12.9. The average Bonchev–Trinajstić information content (AvgIpc) is 2.95. The van der Waals surface area contributed by atoms with Gasteiger partial charge in [0.15, 0.2) is 5.78 Å². The van der Waals surface area contributed by atoms with Crippen LogP contribution in [0, 0.1) is 17.3 Å². The zero-order valence-corrected chi connectivity index (χ0v) is 12.1. The second kappa shape index (κ2) is 4.77. The van der Waals surface area contributed by atoms with Crippen molar-refractivity contribution in [2.45, 2.75) is 52.4 Å². The van der Waals surface area contributed by atoms with E-state index in [0.29, 0.717) is 23.0 Å². The topological polar surface area (TPSA) is 17.1 Å². The van der Waals surface area contributed by atoms with Gasteiger partial charge in [0, 0.05) is 11.5 Å². The maximum absolute atomic E-state index is 12.7. The van der Waals surface area contributed by atoms with E-state index in [-0.39, 0.29) is 0 Å². The van der Waals surface area contributed by atoms with Crippen LogP contribution in [0.1, 0.15) is 61.9 Å². The van der Waals surface area contributed by atoms with Crippen LogP contribution in [0.25, 0.3) is 0 Å². The highest BCUT2D eigenvalue weighted by atomic mass is 16.1. The van der Waals surface area contributed by atoms with Crippen LogP contribution in [0.3, 0.4) is 0 Å². The number of rotatable bonds is 3. The molecule has 0 saturated heterocycles. The molecule has 3 rings (SSSR count). The summed E-state index contributed by atoms with van der Waals surface area (Å²) >= 11 is 0. The molecule has 2 saturated carbocycles. The first-order valence-electron chi connectivity index (χ1n) is 7.77. The van der Waals surface area contributed by atoms with Gasteiger partial charge in [0.05, 0.1) is 0 Å².